The second-order valence-corrected chi connectivity index (χ2v) is 7.05. The topological polar surface area (TPSA) is 80.3 Å². The molecule has 4 rings (SSSR count). The molecule has 0 saturated heterocycles. The molecule has 0 aliphatic heterocycles. The highest BCUT2D eigenvalue weighted by molar-refractivity contribution is 5.98. The molecule has 0 radical (unpaired) electrons. The van der Waals surface area contributed by atoms with Crippen LogP contribution in [0.15, 0.2) is 66.9 Å². The van der Waals surface area contributed by atoms with Crippen LogP contribution in [0.4, 0.5) is 10.1 Å². The molecular formula is C23H20FN3O3. The van der Waals surface area contributed by atoms with E-state index in [-0.39, 0.29) is 30.2 Å². The van der Waals surface area contributed by atoms with Gasteiger partial charge in [-0.25, -0.2) is 9.37 Å². The number of carbonyl (C=O) groups is 2. The Hall–Kier alpha value is -3.74. The molecule has 2 N–H and O–H groups in total. The number of nitrogens with one attached hydrogen (secondary N) is 2. The highest BCUT2D eigenvalue weighted by atomic mass is 19.1. The molecule has 1 heterocycles. The second kappa shape index (κ2) is 8.73. The minimum Gasteiger partial charge on any atom is -0.439 e. The van der Waals surface area contributed by atoms with E-state index in [2.05, 4.69) is 15.6 Å². The number of amides is 2. The van der Waals surface area contributed by atoms with Crippen LogP contribution < -0.4 is 15.4 Å². The van der Waals surface area contributed by atoms with Crippen LogP contribution in [0.1, 0.15) is 28.8 Å². The van der Waals surface area contributed by atoms with Gasteiger partial charge in [0.1, 0.15) is 11.6 Å². The van der Waals surface area contributed by atoms with Gasteiger partial charge in [0.25, 0.3) is 5.91 Å². The van der Waals surface area contributed by atoms with Crippen molar-refractivity contribution in [2.75, 3.05) is 5.32 Å². The number of benzene rings is 2. The summed E-state index contributed by atoms with van der Waals surface area (Å²) in [4.78, 5) is 28.7. The Balaban J connectivity index is 1.41. The van der Waals surface area contributed by atoms with Gasteiger partial charge >= 0.3 is 0 Å². The van der Waals surface area contributed by atoms with Crippen LogP contribution in [-0.2, 0) is 11.3 Å². The van der Waals surface area contributed by atoms with Crippen LogP contribution in [0.2, 0.25) is 0 Å². The first-order chi connectivity index (χ1) is 14.6. The number of nitrogens with zero attached hydrogens (tertiary/aromatic N) is 1. The molecule has 0 spiro atoms. The minimum absolute atomic E-state index is 0.0120. The van der Waals surface area contributed by atoms with Crippen molar-refractivity contribution < 1.29 is 18.7 Å². The first-order valence-corrected chi connectivity index (χ1v) is 9.65. The van der Waals surface area contributed by atoms with Crippen molar-refractivity contribution in [1.29, 1.82) is 0 Å². The number of halogens is 1. The molecule has 1 fully saturated rings. The predicted octanol–water partition coefficient (Wildman–Crippen LogP) is 4.29. The quantitative estimate of drug-likeness (QED) is 0.615. The van der Waals surface area contributed by atoms with E-state index in [1.165, 1.54) is 12.1 Å². The van der Waals surface area contributed by atoms with Crippen LogP contribution in [0.5, 0.6) is 11.6 Å². The molecule has 0 bridgehead atoms. The summed E-state index contributed by atoms with van der Waals surface area (Å²) in [5.74, 6) is -0.0223. The van der Waals surface area contributed by atoms with E-state index in [1.54, 1.807) is 54.7 Å². The molecule has 2 aromatic carbocycles. The van der Waals surface area contributed by atoms with Gasteiger partial charge in [0.15, 0.2) is 0 Å². The first kappa shape index (κ1) is 19.6. The second-order valence-electron chi connectivity index (χ2n) is 7.05. The summed E-state index contributed by atoms with van der Waals surface area (Å²) in [5.41, 5.74) is 1.67. The van der Waals surface area contributed by atoms with Crippen LogP contribution >= 0.6 is 0 Å². The lowest BCUT2D eigenvalue weighted by molar-refractivity contribution is -0.117. The van der Waals surface area contributed by atoms with E-state index >= 15 is 0 Å². The van der Waals surface area contributed by atoms with Gasteiger partial charge in [-0.05, 0) is 49.2 Å². The molecule has 152 valence electrons. The molecule has 30 heavy (non-hydrogen) atoms. The number of carbonyl (C=O) groups excluding carboxylic acids is 2. The Morgan fingerprint density at radius 1 is 1.07 bits per heavy atom. The maximum Gasteiger partial charge on any atom is 0.251 e. The lowest BCUT2D eigenvalue weighted by atomic mass is 10.1. The van der Waals surface area contributed by atoms with Gasteiger partial charge in [-0.15, -0.1) is 0 Å². The third-order valence-corrected chi connectivity index (χ3v) is 4.64. The number of ether oxygens (including phenoxy) is 1. The largest absolute Gasteiger partial charge is 0.439 e. The zero-order valence-electron chi connectivity index (χ0n) is 16.1. The Morgan fingerprint density at radius 3 is 2.70 bits per heavy atom. The monoisotopic (exact) mass is 405 g/mol. The van der Waals surface area contributed by atoms with Gasteiger partial charge in [0, 0.05) is 41.5 Å². The smallest absolute Gasteiger partial charge is 0.251 e. The lowest BCUT2D eigenvalue weighted by Gasteiger charge is -2.11. The minimum atomic E-state index is -0.410. The van der Waals surface area contributed by atoms with E-state index in [0.29, 0.717) is 22.6 Å². The molecule has 1 aromatic heterocycles. The maximum atomic E-state index is 13.4. The molecule has 3 aromatic rings. The van der Waals surface area contributed by atoms with Crippen LogP contribution in [0.25, 0.3) is 0 Å². The summed E-state index contributed by atoms with van der Waals surface area (Å²) in [6.45, 7) is 0.177. The predicted molar refractivity (Wildman–Crippen MR) is 110 cm³/mol. The SMILES string of the molecule is O=C(NCc1cccnc1Oc1cccc(F)c1)c1cccc(NC(=O)C2CC2)c1. The molecule has 1 aliphatic carbocycles. The third kappa shape index (κ3) is 5.00. The lowest BCUT2D eigenvalue weighted by Crippen LogP contribution is -2.23. The fourth-order valence-electron chi connectivity index (χ4n) is 2.90. The van der Waals surface area contributed by atoms with Gasteiger partial charge in [-0.2, -0.15) is 0 Å². The molecule has 6 nitrogen and oxygen atoms in total. The number of aromatic nitrogens is 1. The molecule has 1 aliphatic rings. The summed E-state index contributed by atoms with van der Waals surface area (Å²) >= 11 is 0. The van der Waals surface area contributed by atoms with Crippen molar-refractivity contribution >= 4 is 17.5 Å². The number of hydrogen-bond donors (Lipinski definition) is 2. The zero-order chi connectivity index (χ0) is 20.9. The van der Waals surface area contributed by atoms with Crippen LogP contribution in [-0.4, -0.2) is 16.8 Å². The van der Waals surface area contributed by atoms with Crippen molar-refractivity contribution in [3.63, 3.8) is 0 Å². The van der Waals surface area contributed by atoms with E-state index in [0.717, 1.165) is 12.8 Å². The molecule has 1 saturated carbocycles. The number of anilines is 1. The highest BCUT2D eigenvalue weighted by Crippen LogP contribution is 2.30. The zero-order valence-corrected chi connectivity index (χ0v) is 16.1. The number of hydrogen-bond acceptors (Lipinski definition) is 4. The average Bonchev–Trinajstić information content (AvgIpc) is 3.59. The van der Waals surface area contributed by atoms with Crippen molar-refractivity contribution in [3.05, 3.63) is 83.8 Å². The van der Waals surface area contributed by atoms with Gasteiger partial charge in [0.05, 0.1) is 0 Å². The van der Waals surface area contributed by atoms with Crippen LogP contribution in [0.3, 0.4) is 0 Å². The van der Waals surface area contributed by atoms with Crippen molar-refractivity contribution in [1.82, 2.24) is 10.3 Å². The van der Waals surface area contributed by atoms with Crippen LogP contribution in [0, 0.1) is 11.7 Å². The standard InChI is InChI=1S/C23H20FN3O3/c24-18-6-2-8-20(13-18)30-23-17(5-3-11-25-23)14-26-21(28)16-4-1-7-19(12-16)27-22(29)15-9-10-15/h1-8,11-13,15H,9-10,14H2,(H,26,28)(H,27,29). The highest BCUT2D eigenvalue weighted by Gasteiger charge is 2.29. The summed E-state index contributed by atoms with van der Waals surface area (Å²) in [6.07, 6.45) is 3.39. The van der Waals surface area contributed by atoms with Gasteiger partial charge in [0.2, 0.25) is 11.8 Å². The van der Waals surface area contributed by atoms with Gasteiger partial charge in [-0.1, -0.05) is 18.2 Å². The summed E-state index contributed by atoms with van der Waals surface area (Å²) < 4.78 is 19.1. The van der Waals surface area contributed by atoms with E-state index in [9.17, 15) is 14.0 Å². The molecule has 2 amide bonds. The molecule has 0 unspecified atom stereocenters. The number of rotatable bonds is 7. The number of pyridine rings is 1. The fraction of sp³-hybridized carbons (Fsp3) is 0.174. The van der Waals surface area contributed by atoms with Gasteiger partial charge < -0.3 is 15.4 Å². The van der Waals surface area contributed by atoms with E-state index in [1.807, 2.05) is 0 Å². The molecule has 0 atom stereocenters. The maximum absolute atomic E-state index is 13.4. The molecular weight excluding hydrogens is 385 g/mol. The van der Waals surface area contributed by atoms with Crippen molar-refractivity contribution in [2.45, 2.75) is 19.4 Å². The van der Waals surface area contributed by atoms with Gasteiger partial charge in [-0.3, -0.25) is 9.59 Å². The van der Waals surface area contributed by atoms with E-state index in [4.69, 9.17) is 4.74 Å². The summed E-state index contributed by atoms with van der Waals surface area (Å²) in [7, 11) is 0. The average molecular weight is 405 g/mol. The van der Waals surface area contributed by atoms with E-state index < -0.39 is 5.82 Å². The normalized spacial score (nSPS) is 12.8. The Labute approximate surface area is 173 Å². The third-order valence-electron chi connectivity index (χ3n) is 4.64. The Bertz CT molecular complexity index is 1080. The fourth-order valence-corrected chi connectivity index (χ4v) is 2.90. The first-order valence-electron chi connectivity index (χ1n) is 9.65. The Morgan fingerprint density at radius 2 is 1.90 bits per heavy atom. The summed E-state index contributed by atoms with van der Waals surface area (Å²) in [6, 6.07) is 16.1. The molecule has 7 heteroatoms. The van der Waals surface area contributed by atoms with Crippen molar-refractivity contribution in [3.8, 4) is 11.6 Å². The van der Waals surface area contributed by atoms with Crippen molar-refractivity contribution in [2.24, 2.45) is 5.92 Å². The Kier molecular flexibility index (Phi) is 5.70. The summed E-state index contributed by atoms with van der Waals surface area (Å²) in [5, 5.41) is 5.66.